The fourth-order valence-corrected chi connectivity index (χ4v) is 4.55. The van der Waals surface area contributed by atoms with Gasteiger partial charge in [0.25, 0.3) is 5.91 Å². The highest BCUT2D eigenvalue weighted by molar-refractivity contribution is 6.05. The molecule has 7 nitrogen and oxygen atoms in total. The van der Waals surface area contributed by atoms with E-state index in [2.05, 4.69) is 4.90 Å². The van der Waals surface area contributed by atoms with Gasteiger partial charge in [-0.05, 0) is 67.1 Å². The van der Waals surface area contributed by atoms with Crippen molar-refractivity contribution in [1.29, 1.82) is 0 Å². The van der Waals surface area contributed by atoms with E-state index >= 15 is 0 Å². The van der Waals surface area contributed by atoms with Gasteiger partial charge in [0, 0.05) is 29.8 Å². The number of carbonyl (C=O) groups excluding carboxylic acids is 1. The molecular weight excluding hydrogens is 456 g/mol. The van der Waals surface area contributed by atoms with E-state index in [4.69, 9.17) is 14.6 Å². The number of benzene rings is 3. The molecule has 4 aromatic rings. The van der Waals surface area contributed by atoms with Crippen molar-refractivity contribution in [2.45, 2.75) is 13.0 Å². The molecule has 0 spiro atoms. The second-order valence-electron chi connectivity index (χ2n) is 8.80. The van der Waals surface area contributed by atoms with Crippen LogP contribution in [0.4, 0.5) is 5.69 Å². The number of aryl methyl sites for hydroxylation is 1. The number of ether oxygens (including phenoxy) is 2. The molecule has 1 N–H and O–H groups in total. The number of carboxylic acids is 1. The summed E-state index contributed by atoms with van der Waals surface area (Å²) in [5.74, 6) is 0.319. The van der Waals surface area contributed by atoms with E-state index in [1.807, 2.05) is 62.5 Å². The lowest BCUT2D eigenvalue weighted by Gasteiger charge is -2.33. The Morgan fingerprint density at radius 1 is 1.08 bits per heavy atom. The molecular formula is C29H26N2O5. The number of carbonyl (C=O) groups is 2. The smallest absolute Gasteiger partial charge is 0.328 e. The highest BCUT2D eigenvalue weighted by atomic mass is 16.5. The normalized spacial score (nSPS) is 15.1. The Kier molecular flexibility index (Phi) is 6.21. The van der Waals surface area contributed by atoms with Crippen molar-refractivity contribution in [1.82, 2.24) is 4.57 Å². The van der Waals surface area contributed by atoms with Gasteiger partial charge in [0.2, 0.25) is 0 Å². The van der Waals surface area contributed by atoms with E-state index in [9.17, 15) is 9.59 Å². The molecule has 0 amide bonds. The third-order valence-corrected chi connectivity index (χ3v) is 6.26. The minimum Gasteiger partial charge on any atom is -0.490 e. The van der Waals surface area contributed by atoms with Crippen molar-refractivity contribution >= 4 is 34.5 Å². The number of rotatable bonds is 6. The lowest BCUT2D eigenvalue weighted by Crippen LogP contribution is -2.41. The molecule has 7 heteroatoms. The van der Waals surface area contributed by atoms with Crippen LogP contribution in [0, 0.1) is 6.92 Å². The molecule has 182 valence electrons. The zero-order valence-electron chi connectivity index (χ0n) is 20.0. The van der Waals surface area contributed by atoms with E-state index in [1.54, 1.807) is 28.8 Å². The summed E-state index contributed by atoms with van der Waals surface area (Å²) >= 11 is 0. The van der Waals surface area contributed by atoms with Gasteiger partial charge in [0.05, 0.1) is 17.7 Å². The van der Waals surface area contributed by atoms with Gasteiger partial charge in [-0.15, -0.1) is 0 Å². The van der Waals surface area contributed by atoms with Gasteiger partial charge in [-0.2, -0.15) is 0 Å². The zero-order chi connectivity index (χ0) is 25.2. The number of carboxylic acid groups (broad SMARTS) is 1. The summed E-state index contributed by atoms with van der Waals surface area (Å²) in [5.41, 5.74) is 3.83. The lowest BCUT2D eigenvalue weighted by molar-refractivity contribution is -0.131. The summed E-state index contributed by atoms with van der Waals surface area (Å²) in [7, 11) is 2.03. The largest absolute Gasteiger partial charge is 0.490 e. The minimum absolute atomic E-state index is 0.107. The maximum absolute atomic E-state index is 13.4. The second-order valence-corrected chi connectivity index (χ2v) is 8.80. The predicted molar refractivity (Wildman–Crippen MR) is 139 cm³/mol. The maximum Gasteiger partial charge on any atom is 0.328 e. The lowest BCUT2D eigenvalue weighted by atomic mass is 10.1. The highest BCUT2D eigenvalue weighted by Crippen LogP contribution is 2.32. The van der Waals surface area contributed by atoms with Crippen LogP contribution in [-0.2, 0) is 4.79 Å². The van der Waals surface area contributed by atoms with Crippen LogP contribution in [-0.4, -0.2) is 47.9 Å². The fourth-order valence-electron chi connectivity index (χ4n) is 4.55. The van der Waals surface area contributed by atoms with Crippen molar-refractivity contribution < 1.29 is 24.2 Å². The molecule has 1 aromatic heterocycles. The first kappa shape index (κ1) is 23.2. The van der Waals surface area contributed by atoms with Crippen LogP contribution in [0.5, 0.6) is 11.5 Å². The molecule has 0 radical (unpaired) electrons. The molecule has 2 heterocycles. The Morgan fingerprint density at radius 2 is 1.86 bits per heavy atom. The molecule has 1 atom stereocenters. The predicted octanol–water partition coefficient (Wildman–Crippen LogP) is 5.01. The molecule has 0 unspecified atom stereocenters. The molecule has 5 rings (SSSR count). The number of likely N-dealkylation sites (N-methyl/N-ethyl adjacent to an activating group) is 1. The number of anilines is 1. The van der Waals surface area contributed by atoms with Gasteiger partial charge in [0.15, 0.2) is 0 Å². The van der Waals surface area contributed by atoms with Crippen molar-refractivity contribution in [2.75, 3.05) is 25.1 Å². The van der Waals surface area contributed by atoms with Gasteiger partial charge < -0.3 is 19.5 Å². The number of nitrogens with zero attached hydrogens (tertiary/aromatic N) is 2. The first-order valence-corrected chi connectivity index (χ1v) is 11.7. The van der Waals surface area contributed by atoms with E-state index in [0.29, 0.717) is 17.9 Å². The van der Waals surface area contributed by atoms with Crippen LogP contribution in [0.1, 0.15) is 21.6 Å². The van der Waals surface area contributed by atoms with Crippen LogP contribution in [0.25, 0.3) is 17.0 Å². The fraction of sp³-hybridized carbons (Fsp3) is 0.172. The average Bonchev–Trinajstić information content (AvgIpc) is 3.22. The Morgan fingerprint density at radius 3 is 2.64 bits per heavy atom. The summed E-state index contributed by atoms with van der Waals surface area (Å²) in [6, 6.07) is 22.4. The minimum atomic E-state index is -1.02. The van der Waals surface area contributed by atoms with Crippen LogP contribution < -0.4 is 14.4 Å². The Labute approximate surface area is 208 Å². The zero-order valence-corrected chi connectivity index (χ0v) is 20.0. The Hall–Kier alpha value is -4.52. The van der Waals surface area contributed by atoms with Gasteiger partial charge in [-0.1, -0.05) is 24.3 Å². The second kappa shape index (κ2) is 9.62. The number of aromatic nitrogens is 1. The number of fused-ring (bicyclic) bond motifs is 2. The first-order chi connectivity index (χ1) is 17.4. The van der Waals surface area contributed by atoms with Gasteiger partial charge >= 0.3 is 5.97 Å². The molecule has 0 saturated heterocycles. The summed E-state index contributed by atoms with van der Waals surface area (Å²) in [6.07, 6.45) is 2.53. The van der Waals surface area contributed by atoms with Gasteiger partial charge in [0.1, 0.15) is 24.2 Å². The maximum atomic E-state index is 13.4. The topological polar surface area (TPSA) is 81.0 Å². The van der Waals surface area contributed by atoms with Crippen LogP contribution in [0.2, 0.25) is 0 Å². The SMILES string of the molecule is Cc1cc2c(/C=C/C(=O)O)cccc2n1C(=O)c1ccc(OC[C@@H]2CN(C)c3ccccc3O2)cc1. The highest BCUT2D eigenvalue weighted by Gasteiger charge is 2.23. The molecule has 0 saturated carbocycles. The molecule has 0 bridgehead atoms. The van der Waals surface area contributed by atoms with Crippen molar-refractivity contribution in [3.63, 3.8) is 0 Å². The average molecular weight is 483 g/mol. The Bertz CT molecular complexity index is 1470. The third-order valence-electron chi connectivity index (χ3n) is 6.26. The number of hydrogen-bond acceptors (Lipinski definition) is 5. The number of para-hydroxylation sites is 2. The number of aliphatic carboxylic acids is 1. The molecule has 1 aliphatic rings. The van der Waals surface area contributed by atoms with Gasteiger partial charge in [-0.25, -0.2) is 4.79 Å². The molecule has 1 aliphatic heterocycles. The van der Waals surface area contributed by atoms with Crippen LogP contribution in [0.3, 0.4) is 0 Å². The summed E-state index contributed by atoms with van der Waals surface area (Å²) in [4.78, 5) is 26.5. The van der Waals surface area contributed by atoms with Gasteiger partial charge in [-0.3, -0.25) is 9.36 Å². The number of hydrogen-bond donors (Lipinski definition) is 1. The van der Waals surface area contributed by atoms with E-state index in [1.165, 1.54) is 6.08 Å². The monoisotopic (exact) mass is 482 g/mol. The van der Waals surface area contributed by atoms with Crippen molar-refractivity contribution in [2.24, 2.45) is 0 Å². The van der Waals surface area contributed by atoms with E-state index in [-0.39, 0.29) is 12.0 Å². The molecule has 0 aliphatic carbocycles. The molecule has 0 fully saturated rings. The van der Waals surface area contributed by atoms with Crippen molar-refractivity contribution in [3.05, 3.63) is 95.7 Å². The molecule has 3 aromatic carbocycles. The summed E-state index contributed by atoms with van der Waals surface area (Å²) in [6.45, 7) is 2.97. The Balaban J connectivity index is 1.30. The third kappa shape index (κ3) is 4.55. The van der Waals surface area contributed by atoms with Crippen LogP contribution >= 0.6 is 0 Å². The standard InChI is InChI=1S/C29H26N2O5/c1-19-16-24-20(12-15-28(32)33)6-5-8-25(24)31(19)29(34)21-10-13-22(14-11-21)35-18-23-17-30(2)26-7-3-4-9-27(26)36-23/h3-16,23H,17-18H2,1-2H3,(H,32,33)/b15-12+/t23-/m0/s1. The first-order valence-electron chi connectivity index (χ1n) is 11.7. The van der Waals surface area contributed by atoms with Crippen LogP contribution in [0.15, 0.2) is 78.9 Å². The van der Waals surface area contributed by atoms with Crippen molar-refractivity contribution in [3.8, 4) is 11.5 Å². The summed E-state index contributed by atoms with van der Waals surface area (Å²) < 4.78 is 13.7. The quantitative estimate of drug-likeness (QED) is 0.389. The van der Waals surface area contributed by atoms with E-state index < -0.39 is 5.97 Å². The molecule has 36 heavy (non-hydrogen) atoms. The van der Waals surface area contributed by atoms with E-state index in [0.717, 1.165) is 46.2 Å². The summed E-state index contributed by atoms with van der Waals surface area (Å²) in [5, 5.41) is 9.78.